The van der Waals surface area contributed by atoms with Crippen molar-refractivity contribution in [3.63, 3.8) is 0 Å². The van der Waals surface area contributed by atoms with Crippen molar-refractivity contribution in [2.75, 3.05) is 24.7 Å². The average Bonchev–Trinajstić information content (AvgIpc) is 3.23. The molecule has 180 valence electrons. The molecule has 0 saturated carbocycles. The van der Waals surface area contributed by atoms with E-state index in [9.17, 15) is 9.59 Å². The minimum Gasteiger partial charge on any atom is -0.464 e. The number of amides is 3. The zero-order valence-electron chi connectivity index (χ0n) is 20.3. The molecule has 6 nitrogen and oxygen atoms in total. The molecule has 1 heterocycles. The summed E-state index contributed by atoms with van der Waals surface area (Å²) >= 11 is 1.64. The van der Waals surface area contributed by atoms with Gasteiger partial charge in [0.15, 0.2) is 0 Å². The number of aryl methyl sites for hydroxylation is 1. The van der Waals surface area contributed by atoms with Crippen LogP contribution in [0, 0.1) is 12.8 Å². The Morgan fingerprint density at radius 1 is 0.941 bits per heavy atom. The van der Waals surface area contributed by atoms with Gasteiger partial charge in [-0.25, -0.2) is 4.79 Å². The van der Waals surface area contributed by atoms with Gasteiger partial charge in [0.25, 0.3) is 0 Å². The summed E-state index contributed by atoms with van der Waals surface area (Å²) in [6.45, 7) is 7.19. The summed E-state index contributed by atoms with van der Waals surface area (Å²) < 4.78 is 5.73. The fourth-order valence-electron chi connectivity index (χ4n) is 3.59. The van der Waals surface area contributed by atoms with E-state index in [0.29, 0.717) is 25.3 Å². The summed E-state index contributed by atoms with van der Waals surface area (Å²) in [5.74, 6) is 1.60. The van der Waals surface area contributed by atoms with E-state index in [1.54, 1.807) is 21.6 Å². The van der Waals surface area contributed by atoms with Crippen LogP contribution >= 0.6 is 11.8 Å². The lowest BCUT2D eigenvalue weighted by Crippen LogP contribution is -2.45. The predicted octanol–water partition coefficient (Wildman–Crippen LogP) is 6.03. The van der Waals surface area contributed by atoms with Crippen LogP contribution in [0.2, 0.25) is 0 Å². The number of thioether (sulfide) groups is 1. The van der Waals surface area contributed by atoms with E-state index in [0.717, 1.165) is 22.0 Å². The Kier molecular flexibility index (Phi) is 9.22. The smallest absolute Gasteiger partial charge is 0.322 e. The first kappa shape index (κ1) is 25.4. The van der Waals surface area contributed by atoms with Gasteiger partial charge in [-0.3, -0.25) is 4.79 Å². The predicted molar refractivity (Wildman–Crippen MR) is 138 cm³/mol. The van der Waals surface area contributed by atoms with E-state index in [4.69, 9.17) is 4.42 Å². The minimum absolute atomic E-state index is 0.0145. The largest absolute Gasteiger partial charge is 0.464 e. The molecule has 1 aromatic heterocycles. The fraction of sp³-hybridized carbons (Fsp3) is 0.333. The van der Waals surface area contributed by atoms with E-state index < -0.39 is 0 Å². The molecule has 3 aromatic rings. The molecule has 0 bridgehead atoms. The van der Waals surface area contributed by atoms with Crippen LogP contribution in [0.5, 0.6) is 0 Å². The van der Waals surface area contributed by atoms with E-state index >= 15 is 0 Å². The van der Waals surface area contributed by atoms with E-state index in [1.807, 2.05) is 93.8 Å². The number of benzene rings is 2. The lowest BCUT2D eigenvalue weighted by atomic mass is 10.2. The van der Waals surface area contributed by atoms with E-state index in [2.05, 4.69) is 5.32 Å². The maximum absolute atomic E-state index is 13.5. The highest BCUT2D eigenvalue weighted by Gasteiger charge is 2.23. The Balaban J connectivity index is 1.75. The standard InChI is InChI=1S/C27H33N3O3S/c1-20(2)16-30(27(32)28-23-11-14-25(34-4)15-12-23)19-26(31)29(17-22-8-6-5-7-9-22)18-24-13-10-21(3)33-24/h5-15,20H,16-19H2,1-4H3,(H,28,32). The SMILES string of the molecule is CSc1ccc(NC(=O)N(CC(=O)N(Cc2ccccc2)Cc2ccc(C)o2)CC(C)C)cc1. The second-order valence-electron chi connectivity index (χ2n) is 8.68. The summed E-state index contributed by atoms with van der Waals surface area (Å²) in [5.41, 5.74) is 1.73. The number of nitrogens with zero attached hydrogens (tertiary/aromatic N) is 2. The molecule has 0 aliphatic heterocycles. The maximum atomic E-state index is 13.5. The van der Waals surface area contributed by atoms with Crippen molar-refractivity contribution in [1.82, 2.24) is 9.80 Å². The van der Waals surface area contributed by atoms with Crippen molar-refractivity contribution < 1.29 is 14.0 Å². The summed E-state index contributed by atoms with van der Waals surface area (Å²) in [6, 6.07) is 21.0. The summed E-state index contributed by atoms with van der Waals surface area (Å²) in [7, 11) is 0. The van der Waals surface area contributed by atoms with Crippen molar-refractivity contribution >= 4 is 29.4 Å². The molecule has 1 N–H and O–H groups in total. The first-order valence-electron chi connectivity index (χ1n) is 11.4. The molecule has 0 aliphatic carbocycles. The number of urea groups is 1. The molecule has 2 aromatic carbocycles. The zero-order chi connectivity index (χ0) is 24.5. The van der Waals surface area contributed by atoms with Crippen LogP contribution < -0.4 is 5.32 Å². The van der Waals surface area contributed by atoms with Gasteiger partial charge in [-0.05, 0) is 61.1 Å². The van der Waals surface area contributed by atoms with Crippen molar-refractivity contribution in [3.05, 3.63) is 83.8 Å². The van der Waals surface area contributed by atoms with Crippen LogP contribution in [0.3, 0.4) is 0 Å². The Hall–Kier alpha value is -3.19. The zero-order valence-corrected chi connectivity index (χ0v) is 21.1. The van der Waals surface area contributed by atoms with Gasteiger partial charge in [0.05, 0.1) is 6.54 Å². The highest BCUT2D eigenvalue weighted by atomic mass is 32.2. The quantitative estimate of drug-likeness (QED) is 0.361. The van der Waals surface area contributed by atoms with Gasteiger partial charge >= 0.3 is 6.03 Å². The number of anilines is 1. The highest BCUT2D eigenvalue weighted by Crippen LogP contribution is 2.18. The molecular weight excluding hydrogens is 446 g/mol. The topological polar surface area (TPSA) is 65.8 Å². The lowest BCUT2D eigenvalue weighted by molar-refractivity contribution is -0.133. The molecule has 0 atom stereocenters. The molecule has 0 unspecified atom stereocenters. The van der Waals surface area contributed by atoms with Crippen LogP contribution in [0.4, 0.5) is 10.5 Å². The number of hydrogen-bond acceptors (Lipinski definition) is 4. The van der Waals surface area contributed by atoms with E-state index in [1.165, 1.54) is 0 Å². The van der Waals surface area contributed by atoms with Gasteiger partial charge in [0.2, 0.25) is 5.91 Å². The molecule has 7 heteroatoms. The molecule has 0 aliphatic rings. The maximum Gasteiger partial charge on any atom is 0.322 e. The fourth-order valence-corrected chi connectivity index (χ4v) is 4.00. The van der Waals surface area contributed by atoms with E-state index in [-0.39, 0.29) is 24.4 Å². The van der Waals surface area contributed by atoms with Crippen LogP contribution in [-0.4, -0.2) is 41.1 Å². The Bertz CT molecular complexity index is 1060. The second-order valence-corrected chi connectivity index (χ2v) is 9.56. The third kappa shape index (κ3) is 7.70. The Morgan fingerprint density at radius 2 is 1.65 bits per heavy atom. The molecule has 0 spiro atoms. The average molecular weight is 480 g/mol. The van der Waals surface area contributed by atoms with Gasteiger partial charge in [0.1, 0.15) is 18.1 Å². The molecule has 34 heavy (non-hydrogen) atoms. The second kappa shape index (κ2) is 12.3. The number of rotatable bonds is 10. The van der Waals surface area contributed by atoms with Gasteiger partial charge in [-0.2, -0.15) is 0 Å². The first-order chi connectivity index (χ1) is 16.3. The molecule has 0 saturated heterocycles. The Morgan fingerprint density at radius 3 is 2.24 bits per heavy atom. The van der Waals surface area contributed by atoms with Crippen molar-refractivity contribution in [2.45, 2.75) is 38.8 Å². The molecule has 0 radical (unpaired) electrons. The highest BCUT2D eigenvalue weighted by molar-refractivity contribution is 7.98. The van der Waals surface area contributed by atoms with Gasteiger partial charge in [-0.1, -0.05) is 44.2 Å². The molecule has 3 rings (SSSR count). The molecule has 3 amide bonds. The summed E-state index contributed by atoms with van der Waals surface area (Å²) in [6.07, 6.45) is 2.01. The summed E-state index contributed by atoms with van der Waals surface area (Å²) in [5, 5.41) is 2.93. The number of nitrogens with one attached hydrogen (secondary N) is 1. The van der Waals surface area contributed by atoms with Crippen molar-refractivity contribution in [1.29, 1.82) is 0 Å². The Labute approximate surface area is 206 Å². The van der Waals surface area contributed by atoms with Crippen molar-refractivity contribution in [2.24, 2.45) is 5.92 Å². The monoisotopic (exact) mass is 479 g/mol. The summed E-state index contributed by atoms with van der Waals surface area (Å²) in [4.78, 5) is 31.0. The third-order valence-corrected chi connectivity index (χ3v) is 6.00. The minimum atomic E-state index is -0.285. The van der Waals surface area contributed by atoms with Gasteiger partial charge in [0, 0.05) is 23.7 Å². The lowest BCUT2D eigenvalue weighted by Gasteiger charge is -2.28. The van der Waals surface area contributed by atoms with Crippen LogP contribution in [0.25, 0.3) is 0 Å². The number of carbonyl (C=O) groups is 2. The van der Waals surface area contributed by atoms with Gasteiger partial charge < -0.3 is 19.5 Å². The van der Waals surface area contributed by atoms with Crippen LogP contribution in [0.1, 0.15) is 30.9 Å². The number of carbonyl (C=O) groups excluding carboxylic acids is 2. The van der Waals surface area contributed by atoms with Crippen LogP contribution in [-0.2, 0) is 17.9 Å². The number of hydrogen-bond donors (Lipinski definition) is 1. The van der Waals surface area contributed by atoms with Crippen molar-refractivity contribution in [3.8, 4) is 0 Å². The van der Waals surface area contributed by atoms with Gasteiger partial charge in [-0.15, -0.1) is 11.8 Å². The first-order valence-corrected chi connectivity index (χ1v) is 12.6. The van der Waals surface area contributed by atoms with Crippen LogP contribution in [0.15, 0.2) is 76.0 Å². The third-order valence-electron chi connectivity index (χ3n) is 5.25. The molecular formula is C27H33N3O3S. The number of furan rings is 1. The normalized spacial score (nSPS) is 10.9. The molecule has 0 fully saturated rings.